The number of halogens is 1. The first-order valence-electron chi connectivity index (χ1n) is 11.9. The van der Waals surface area contributed by atoms with Gasteiger partial charge in [0.25, 0.3) is 0 Å². The van der Waals surface area contributed by atoms with Gasteiger partial charge in [-0.05, 0) is 46.7 Å². The molecule has 0 unspecified atom stereocenters. The van der Waals surface area contributed by atoms with Gasteiger partial charge < -0.3 is 9.64 Å². The van der Waals surface area contributed by atoms with Gasteiger partial charge in [0.05, 0.1) is 35.6 Å². The highest BCUT2D eigenvalue weighted by Crippen LogP contribution is 2.48. The molecule has 7 nitrogen and oxygen atoms in total. The van der Waals surface area contributed by atoms with Crippen LogP contribution in [0.15, 0.2) is 41.1 Å². The molecule has 0 saturated carbocycles. The number of hydrogen-bond donors (Lipinski definition) is 0. The van der Waals surface area contributed by atoms with Gasteiger partial charge in [0.2, 0.25) is 11.8 Å². The van der Waals surface area contributed by atoms with E-state index in [-0.39, 0.29) is 40.6 Å². The standard InChI is InChI=1S/C26H29FN4O3S2/c1-26(2,3)24-22-23(17-8-13-35-15-17)36-16-21(33)30(14-20(32)29-9-11-34-12-10-29)25(22)31(28-24)19-6-4-18(27)5-7-19/h4-8,13,15,23H,9-12,14,16H2,1-3H3/t23-/m1/s1. The molecule has 10 heteroatoms. The first-order chi connectivity index (χ1) is 17.2. The zero-order chi connectivity index (χ0) is 25.4. The number of thioether (sulfide) groups is 1. The van der Waals surface area contributed by atoms with Crippen LogP contribution < -0.4 is 4.90 Å². The summed E-state index contributed by atoms with van der Waals surface area (Å²) in [6, 6.07) is 8.14. The average molecular weight is 529 g/mol. The van der Waals surface area contributed by atoms with E-state index < -0.39 is 0 Å². The number of morpholine rings is 1. The van der Waals surface area contributed by atoms with Gasteiger partial charge in [0.15, 0.2) is 0 Å². The summed E-state index contributed by atoms with van der Waals surface area (Å²) in [5.74, 6) is 0.193. The van der Waals surface area contributed by atoms with Crippen LogP contribution >= 0.6 is 23.1 Å². The van der Waals surface area contributed by atoms with Gasteiger partial charge in [-0.1, -0.05) is 20.8 Å². The van der Waals surface area contributed by atoms with E-state index >= 15 is 0 Å². The molecule has 3 aromatic rings. The van der Waals surface area contributed by atoms with Crippen LogP contribution in [0.25, 0.3) is 5.69 Å². The third-order valence-corrected chi connectivity index (χ3v) is 8.33. The Morgan fingerprint density at radius 3 is 2.53 bits per heavy atom. The molecule has 2 aliphatic rings. The summed E-state index contributed by atoms with van der Waals surface area (Å²) in [6.07, 6.45) is 0. The second-order valence-corrected chi connectivity index (χ2v) is 11.8. The Morgan fingerprint density at radius 2 is 1.89 bits per heavy atom. The molecular formula is C26H29FN4O3S2. The number of amides is 2. The highest BCUT2D eigenvalue weighted by atomic mass is 32.2. The van der Waals surface area contributed by atoms with Crippen molar-refractivity contribution in [3.8, 4) is 5.69 Å². The second-order valence-electron chi connectivity index (χ2n) is 9.94. The van der Waals surface area contributed by atoms with Crippen LogP contribution in [0, 0.1) is 5.82 Å². The molecule has 190 valence electrons. The number of benzene rings is 1. The predicted molar refractivity (Wildman–Crippen MR) is 141 cm³/mol. The normalized spacial score (nSPS) is 18.8. The monoisotopic (exact) mass is 528 g/mol. The van der Waals surface area contributed by atoms with Crippen molar-refractivity contribution in [2.75, 3.05) is 43.5 Å². The summed E-state index contributed by atoms with van der Waals surface area (Å²) in [6.45, 7) is 8.18. The Hall–Kier alpha value is -2.69. The number of fused-ring (bicyclic) bond motifs is 1. The van der Waals surface area contributed by atoms with Crippen molar-refractivity contribution in [1.82, 2.24) is 14.7 Å². The number of ether oxygens (including phenoxy) is 1. The molecule has 0 aliphatic carbocycles. The number of carbonyl (C=O) groups is 2. The SMILES string of the molecule is CC(C)(C)c1nn(-c2ccc(F)cc2)c2c1[C@@H](c1ccsc1)SCC(=O)N2CC(=O)N1CCOCC1. The van der Waals surface area contributed by atoms with E-state index in [1.807, 2.05) is 5.38 Å². The lowest BCUT2D eigenvalue weighted by molar-refractivity contribution is -0.134. The molecule has 4 heterocycles. The van der Waals surface area contributed by atoms with Gasteiger partial charge in [0, 0.05) is 24.1 Å². The van der Waals surface area contributed by atoms with E-state index in [9.17, 15) is 14.0 Å². The zero-order valence-corrected chi connectivity index (χ0v) is 22.2. The summed E-state index contributed by atoms with van der Waals surface area (Å²) in [4.78, 5) is 30.3. The third-order valence-electron chi connectivity index (χ3n) is 6.37. The first kappa shape index (κ1) is 25.0. The van der Waals surface area contributed by atoms with E-state index in [1.165, 1.54) is 12.1 Å². The molecule has 0 bridgehead atoms. The van der Waals surface area contributed by atoms with Crippen LogP contribution in [-0.4, -0.2) is 65.1 Å². The quantitative estimate of drug-likeness (QED) is 0.502. The summed E-state index contributed by atoms with van der Waals surface area (Å²) >= 11 is 3.17. The van der Waals surface area contributed by atoms with Gasteiger partial charge in [-0.2, -0.15) is 16.4 Å². The first-order valence-corrected chi connectivity index (χ1v) is 13.9. The molecule has 0 radical (unpaired) electrons. The number of aromatic nitrogens is 2. The summed E-state index contributed by atoms with van der Waals surface area (Å²) < 4.78 is 20.9. The Labute approximate surface area is 218 Å². The highest BCUT2D eigenvalue weighted by Gasteiger charge is 2.40. The zero-order valence-electron chi connectivity index (χ0n) is 20.6. The van der Waals surface area contributed by atoms with E-state index in [1.54, 1.807) is 49.7 Å². The summed E-state index contributed by atoms with van der Waals surface area (Å²) in [5, 5.41) is 9.02. The Balaban J connectivity index is 1.70. The number of nitrogens with zero attached hydrogens (tertiary/aromatic N) is 4. The lowest BCUT2D eigenvalue weighted by Crippen LogP contribution is -2.48. The van der Waals surface area contributed by atoms with Crippen LogP contribution in [0.5, 0.6) is 0 Å². The summed E-state index contributed by atoms with van der Waals surface area (Å²) in [5.41, 5.74) is 3.18. The Bertz CT molecular complexity index is 1250. The van der Waals surface area contributed by atoms with Crippen molar-refractivity contribution in [2.45, 2.75) is 31.4 Å². The van der Waals surface area contributed by atoms with Crippen LogP contribution in [0.2, 0.25) is 0 Å². The maximum absolute atomic E-state index is 13.8. The number of anilines is 1. The Kier molecular flexibility index (Phi) is 6.93. The van der Waals surface area contributed by atoms with E-state index in [4.69, 9.17) is 9.84 Å². The fourth-order valence-electron chi connectivity index (χ4n) is 4.57. The largest absolute Gasteiger partial charge is 0.378 e. The minimum atomic E-state index is -0.352. The van der Waals surface area contributed by atoms with E-state index in [0.717, 1.165) is 16.8 Å². The minimum Gasteiger partial charge on any atom is -0.378 e. The van der Waals surface area contributed by atoms with Gasteiger partial charge in [-0.15, -0.1) is 11.8 Å². The van der Waals surface area contributed by atoms with Crippen LogP contribution in [0.1, 0.15) is 42.8 Å². The number of hydrogen-bond acceptors (Lipinski definition) is 6. The van der Waals surface area contributed by atoms with Gasteiger partial charge in [-0.25, -0.2) is 9.07 Å². The molecule has 36 heavy (non-hydrogen) atoms. The van der Waals surface area contributed by atoms with Crippen LogP contribution in [-0.2, 0) is 19.7 Å². The topological polar surface area (TPSA) is 67.7 Å². The number of carbonyl (C=O) groups excluding carboxylic acids is 2. The maximum Gasteiger partial charge on any atom is 0.242 e. The molecular weight excluding hydrogens is 499 g/mol. The molecule has 1 fully saturated rings. The molecule has 1 atom stereocenters. The van der Waals surface area contributed by atoms with E-state index in [0.29, 0.717) is 37.8 Å². The number of rotatable bonds is 4. The third kappa shape index (κ3) is 4.81. The van der Waals surface area contributed by atoms with Crippen molar-refractivity contribution < 1.29 is 18.7 Å². The molecule has 0 N–H and O–H groups in total. The van der Waals surface area contributed by atoms with Gasteiger partial charge in [-0.3, -0.25) is 14.5 Å². The molecule has 1 saturated heterocycles. The van der Waals surface area contributed by atoms with Crippen molar-refractivity contribution in [3.63, 3.8) is 0 Å². The van der Waals surface area contributed by atoms with Gasteiger partial charge >= 0.3 is 0 Å². The molecule has 2 amide bonds. The molecule has 2 aromatic heterocycles. The van der Waals surface area contributed by atoms with Crippen LogP contribution in [0.4, 0.5) is 10.2 Å². The van der Waals surface area contributed by atoms with E-state index in [2.05, 4.69) is 32.2 Å². The molecule has 1 aromatic carbocycles. The fourth-order valence-corrected chi connectivity index (χ4v) is 6.53. The minimum absolute atomic E-state index is 0.0841. The second kappa shape index (κ2) is 9.99. The lowest BCUT2D eigenvalue weighted by Gasteiger charge is -2.30. The smallest absolute Gasteiger partial charge is 0.242 e. The van der Waals surface area contributed by atoms with Crippen molar-refractivity contribution in [2.24, 2.45) is 0 Å². The van der Waals surface area contributed by atoms with Crippen molar-refractivity contribution in [3.05, 3.63) is 63.7 Å². The maximum atomic E-state index is 13.8. The highest BCUT2D eigenvalue weighted by molar-refractivity contribution is 8.00. The van der Waals surface area contributed by atoms with Crippen molar-refractivity contribution in [1.29, 1.82) is 0 Å². The molecule has 5 rings (SSSR count). The predicted octanol–water partition coefficient (Wildman–Crippen LogP) is 4.40. The number of thiophene rings is 1. The van der Waals surface area contributed by atoms with Gasteiger partial charge in [0.1, 0.15) is 18.2 Å². The summed E-state index contributed by atoms with van der Waals surface area (Å²) in [7, 11) is 0. The molecule has 0 spiro atoms. The Morgan fingerprint density at radius 1 is 1.17 bits per heavy atom. The van der Waals surface area contributed by atoms with Crippen molar-refractivity contribution >= 4 is 40.7 Å². The average Bonchev–Trinajstić information content (AvgIpc) is 3.50. The fraction of sp³-hybridized carbons (Fsp3) is 0.423. The lowest BCUT2D eigenvalue weighted by atomic mass is 9.87. The van der Waals surface area contributed by atoms with Crippen LogP contribution in [0.3, 0.4) is 0 Å². The molecule has 2 aliphatic heterocycles.